The summed E-state index contributed by atoms with van der Waals surface area (Å²) in [6, 6.07) is 14.5. The van der Waals surface area contributed by atoms with Crippen LogP contribution in [-0.2, 0) is 4.79 Å². The molecule has 0 saturated heterocycles. The van der Waals surface area contributed by atoms with Gasteiger partial charge in [0.1, 0.15) is 17.3 Å². The van der Waals surface area contributed by atoms with E-state index in [-0.39, 0.29) is 11.9 Å². The molecule has 0 aliphatic heterocycles. The Bertz CT molecular complexity index is 829. The highest BCUT2D eigenvalue weighted by molar-refractivity contribution is 9.10. The highest BCUT2D eigenvalue weighted by Crippen LogP contribution is 2.21. The van der Waals surface area contributed by atoms with Crippen LogP contribution in [0.3, 0.4) is 0 Å². The number of hydrogen-bond donors (Lipinski definition) is 1. The molecule has 1 heterocycles. The third kappa shape index (κ3) is 3.76. The van der Waals surface area contributed by atoms with Gasteiger partial charge in [-0.25, -0.2) is 4.98 Å². The van der Waals surface area contributed by atoms with Crippen LogP contribution in [0.5, 0.6) is 5.75 Å². The number of amides is 1. The summed E-state index contributed by atoms with van der Waals surface area (Å²) < 4.78 is 12.2. The van der Waals surface area contributed by atoms with E-state index >= 15 is 0 Å². The first-order chi connectivity index (χ1) is 11.5. The van der Waals surface area contributed by atoms with Crippen molar-refractivity contribution < 1.29 is 13.9 Å². The number of nitrogens with zero attached hydrogens (tertiary/aromatic N) is 1. The lowest BCUT2D eigenvalue weighted by Gasteiger charge is -2.17. The van der Waals surface area contributed by atoms with Crippen molar-refractivity contribution in [1.82, 2.24) is 10.3 Å². The number of hydrogen-bond acceptors (Lipinski definition) is 4. The van der Waals surface area contributed by atoms with Gasteiger partial charge in [0.15, 0.2) is 11.7 Å². The molecule has 24 heavy (non-hydrogen) atoms. The first-order valence-corrected chi connectivity index (χ1v) is 8.40. The molecule has 0 saturated carbocycles. The van der Waals surface area contributed by atoms with Crippen molar-refractivity contribution in [2.24, 2.45) is 0 Å². The van der Waals surface area contributed by atoms with Crippen LogP contribution in [-0.4, -0.2) is 17.0 Å². The van der Waals surface area contributed by atoms with Crippen molar-refractivity contribution in [3.63, 3.8) is 0 Å². The maximum absolute atomic E-state index is 12.3. The third-order valence-corrected chi connectivity index (χ3v) is 4.01. The summed E-state index contributed by atoms with van der Waals surface area (Å²) in [6.45, 7) is 3.53. The molecule has 2 atom stereocenters. The smallest absolute Gasteiger partial charge is 0.261 e. The Labute approximate surface area is 148 Å². The second-order valence-electron chi connectivity index (χ2n) is 5.47. The lowest BCUT2D eigenvalue weighted by Crippen LogP contribution is -2.37. The van der Waals surface area contributed by atoms with Gasteiger partial charge in [-0.1, -0.05) is 34.1 Å². The van der Waals surface area contributed by atoms with Crippen LogP contribution >= 0.6 is 15.9 Å². The van der Waals surface area contributed by atoms with Crippen LogP contribution in [0.2, 0.25) is 0 Å². The molecule has 0 aliphatic carbocycles. The number of ether oxygens (including phenoxy) is 1. The lowest BCUT2D eigenvalue weighted by molar-refractivity contribution is -0.128. The lowest BCUT2D eigenvalue weighted by atomic mass is 10.3. The number of halogens is 1. The number of nitrogens with one attached hydrogen (secondary N) is 1. The largest absolute Gasteiger partial charge is 0.481 e. The SMILES string of the molecule is CC(Oc1cccc(Br)c1)C(=O)NC(C)c1nc2ccccc2o1. The molecule has 5 nitrogen and oxygen atoms in total. The Morgan fingerprint density at radius 2 is 2.00 bits per heavy atom. The summed E-state index contributed by atoms with van der Waals surface area (Å²) in [5.74, 6) is 0.866. The second kappa shape index (κ2) is 7.05. The van der Waals surface area contributed by atoms with E-state index in [0.717, 1.165) is 9.99 Å². The average Bonchev–Trinajstić information content (AvgIpc) is 2.99. The number of oxazole rings is 1. The van der Waals surface area contributed by atoms with E-state index in [1.165, 1.54) is 0 Å². The van der Waals surface area contributed by atoms with Crippen LogP contribution in [0.15, 0.2) is 57.4 Å². The minimum absolute atomic E-state index is 0.232. The normalized spacial score (nSPS) is 13.5. The Morgan fingerprint density at radius 3 is 2.75 bits per heavy atom. The fourth-order valence-corrected chi connectivity index (χ4v) is 2.64. The molecule has 0 radical (unpaired) electrons. The van der Waals surface area contributed by atoms with E-state index < -0.39 is 6.10 Å². The fourth-order valence-electron chi connectivity index (χ4n) is 2.27. The molecule has 6 heteroatoms. The van der Waals surface area contributed by atoms with Gasteiger partial charge in [0.05, 0.1) is 0 Å². The van der Waals surface area contributed by atoms with Crippen LogP contribution in [0.4, 0.5) is 0 Å². The van der Waals surface area contributed by atoms with Crippen molar-refractivity contribution in [3.05, 3.63) is 58.9 Å². The standard InChI is InChI=1S/C18H17BrN2O3/c1-11(18-21-15-8-3-4-9-16(15)24-18)20-17(22)12(2)23-14-7-5-6-13(19)10-14/h3-12H,1-2H3,(H,20,22). The Hall–Kier alpha value is -2.34. The highest BCUT2D eigenvalue weighted by Gasteiger charge is 2.20. The monoisotopic (exact) mass is 388 g/mol. The van der Waals surface area contributed by atoms with Crippen LogP contribution < -0.4 is 10.1 Å². The number of rotatable bonds is 5. The Kier molecular flexibility index (Phi) is 4.85. The van der Waals surface area contributed by atoms with E-state index in [1.54, 1.807) is 13.0 Å². The van der Waals surface area contributed by atoms with Crippen molar-refractivity contribution in [1.29, 1.82) is 0 Å². The predicted molar refractivity (Wildman–Crippen MR) is 94.8 cm³/mol. The minimum atomic E-state index is -0.633. The summed E-state index contributed by atoms with van der Waals surface area (Å²) in [6.07, 6.45) is -0.633. The molecule has 3 aromatic rings. The summed E-state index contributed by atoms with van der Waals surface area (Å²) in [4.78, 5) is 16.7. The van der Waals surface area contributed by atoms with Crippen molar-refractivity contribution in [3.8, 4) is 5.75 Å². The molecule has 124 valence electrons. The highest BCUT2D eigenvalue weighted by atomic mass is 79.9. The molecule has 0 bridgehead atoms. The summed E-state index contributed by atoms with van der Waals surface area (Å²) in [5.41, 5.74) is 1.47. The second-order valence-corrected chi connectivity index (χ2v) is 6.38. The summed E-state index contributed by atoms with van der Waals surface area (Å²) in [7, 11) is 0. The van der Waals surface area contributed by atoms with Crippen molar-refractivity contribution >= 4 is 32.9 Å². The molecular formula is C18H17BrN2O3. The number of aromatic nitrogens is 1. The van der Waals surface area contributed by atoms with Crippen LogP contribution in [0.25, 0.3) is 11.1 Å². The third-order valence-electron chi connectivity index (χ3n) is 3.52. The van der Waals surface area contributed by atoms with E-state index in [0.29, 0.717) is 17.2 Å². The van der Waals surface area contributed by atoms with Gasteiger partial charge in [-0.15, -0.1) is 0 Å². The zero-order chi connectivity index (χ0) is 17.1. The zero-order valence-corrected chi connectivity index (χ0v) is 14.9. The Morgan fingerprint density at radius 1 is 1.21 bits per heavy atom. The van der Waals surface area contributed by atoms with Gasteiger partial charge >= 0.3 is 0 Å². The Balaban J connectivity index is 1.64. The van der Waals surface area contributed by atoms with Gasteiger partial charge in [0.2, 0.25) is 5.89 Å². The number of carbonyl (C=O) groups excluding carboxylic acids is 1. The van der Waals surface area contributed by atoms with Crippen LogP contribution in [0, 0.1) is 0 Å². The van der Waals surface area contributed by atoms with Gasteiger partial charge < -0.3 is 14.5 Å². The van der Waals surface area contributed by atoms with Gasteiger partial charge in [-0.05, 0) is 44.2 Å². The molecule has 3 rings (SSSR count). The first-order valence-electron chi connectivity index (χ1n) is 7.61. The number of para-hydroxylation sites is 2. The molecule has 0 fully saturated rings. The molecule has 0 spiro atoms. The van der Waals surface area contributed by atoms with Gasteiger partial charge in [-0.3, -0.25) is 4.79 Å². The zero-order valence-electron chi connectivity index (χ0n) is 13.3. The van der Waals surface area contributed by atoms with Gasteiger partial charge in [0.25, 0.3) is 5.91 Å². The number of carbonyl (C=O) groups is 1. The quantitative estimate of drug-likeness (QED) is 0.709. The first kappa shape index (κ1) is 16.5. The van der Waals surface area contributed by atoms with E-state index in [9.17, 15) is 4.79 Å². The minimum Gasteiger partial charge on any atom is -0.481 e. The topological polar surface area (TPSA) is 64.4 Å². The van der Waals surface area contributed by atoms with Crippen molar-refractivity contribution in [2.45, 2.75) is 26.0 Å². The van der Waals surface area contributed by atoms with Crippen LogP contribution in [0.1, 0.15) is 25.8 Å². The fraction of sp³-hybridized carbons (Fsp3) is 0.222. The van der Waals surface area contributed by atoms with E-state index in [2.05, 4.69) is 26.2 Å². The van der Waals surface area contributed by atoms with Gasteiger partial charge in [0, 0.05) is 4.47 Å². The summed E-state index contributed by atoms with van der Waals surface area (Å²) >= 11 is 3.38. The van der Waals surface area contributed by atoms with Gasteiger partial charge in [-0.2, -0.15) is 0 Å². The molecule has 1 aromatic heterocycles. The predicted octanol–water partition coefficient (Wildman–Crippen LogP) is 4.24. The molecule has 0 aliphatic rings. The molecule has 2 unspecified atom stereocenters. The summed E-state index contributed by atoms with van der Waals surface area (Å²) in [5, 5.41) is 2.86. The maximum Gasteiger partial charge on any atom is 0.261 e. The average molecular weight is 389 g/mol. The maximum atomic E-state index is 12.3. The molecule has 2 aromatic carbocycles. The van der Waals surface area contributed by atoms with Crippen molar-refractivity contribution in [2.75, 3.05) is 0 Å². The number of benzene rings is 2. The molecule has 1 amide bonds. The van der Waals surface area contributed by atoms with E-state index in [1.807, 2.05) is 49.4 Å². The number of fused-ring (bicyclic) bond motifs is 1. The molecule has 1 N–H and O–H groups in total. The van der Waals surface area contributed by atoms with E-state index in [4.69, 9.17) is 9.15 Å². The molecular weight excluding hydrogens is 372 g/mol.